The number of rotatable bonds is 2. The molecule has 0 aliphatic carbocycles. The Kier molecular flexibility index (Phi) is 4.04. The van der Waals surface area contributed by atoms with Gasteiger partial charge in [-0.3, -0.25) is 4.79 Å². The lowest BCUT2D eigenvalue weighted by atomic mass is 10.0. The van der Waals surface area contributed by atoms with Crippen LogP contribution in [0.4, 0.5) is 0 Å². The van der Waals surface area contributed by atoms with Crippen molar-refractivity contribution in [2.24, 2.45) is 0 Å². The fraction of sp³-hybridized carbons (Fsp3) is 0.615. The van der Waals surface area contributed by atoms with Gasteiger partial charge < -0.3 is 9.64 Å². The van der Waals surface area contributed by atoms with Crippen molar-refractivity contribution in [2.75, 3.05) is 32.5 Å². The fourth-order valence-corrected chi connectivity index (χ4v) is 4.78. The van der Waals surface area contributed by atoms with E-state index in [1.165, 1.54) is 21.9 Å². The van der Waals surface area contributed by atoms with Gasteiger partial charge in [0.2, 0.25) is 10.0 Å². The molecule has 6 nitrogen and oxygen atoms in total. The maximum Gasteiger partial charge on any atom is 0.263 e. The SMILES string of the molecule is CS(=O)(=O)N1CCO[C@H]2CCN(C(=O)c3cccs3)C[C@@H]21. The van der Waals surface area contributed by atoms with Crippen LogP contribution in [0.2, 0.25) is 0 Å². The lowest BCUT2D eigenvalue weighted by molar-refractivity contribution is -0.0703. The number of thiophene rings is 1. The topological polar surface area (TPSA) is 66.9 Å². The minimum absolute atomic E-state index is 0.0255. The van der Waals surface area contributed by atoms with Crippen LogP contribution in [0.3, 0.4) is 0 Å². The Morgan fingerprint density at radius 2 is 2.24 bits per heavy atom. The number of likely N-dealkylation sites (tertiary alicyclic amines) is 1. The Morgan fingerprint density at radius 1 is 1.43 bits per heavy atom. The zero-order chi connectivity index (χ0) is 15.0. The van der Waals surface area contributed by atoms with E-state index in [0.717, 1.165) is 0 Å². The number of carbonyl (C=O) groups excluding carboxylic acids is 1. The van der Waals surface area contributed by atoms with Crippen molar-refractivity contribution >= 4 is 27.3 Å². The van der Waals surface area contributed by atoms with Gasteiger partial charge in [-0.15, -0.1) is 11.3 Å². The molecular weight excluding hydrogens is 312 g/mol. The Labute approximate surface area is 128 Å². The lowest BCUT2D eigenvalue weighted by Crippen LogP contribution is -2.61. The summed E-state index contributed by atoms with van der Waals surface area (Å²) in [5.41, 5.74) is 0. The van der Waals surface area contributed by atoms with E-state index >= 15 is 0 Å². The molecule has 2 fully saturated rings. The molecule has 2 aliphatic heterocycles. The van der Waals surface area contributed by atoms with Crippen LogP contribution in [-0.4, -0.2) is 68.2 Å². The van der Waals surface area contributed by atoms with Gasteiger partial charge in [0.05, 0.1) is 29.9 Å². The summed E-state index contributed by atoms with van der Waals surface area (Å²) >= 11 is 1.41. The average molecular weight is 330 g/mol. The van der Waals surface area contributed by atoms with Gasteiger partial charge in [-0.1, -0.05) is 6.07 Å². The molecule has 0 N–H and O–H groups in total. The predicted octanol–water partition coefficient (Wildman–Crippen LogP) is 0.623. The number of fused-ring (bicyclic) bond motifs is 1. The van der Waals surface area contributed by atoms with Crippen LogP contribution in [0.5, 0.6) is 0 Å². The monoisotopic (exact) mass is 330 g/mol. The molecule has 1 amide bonds. The number of nitrogens with zero attached hydrogens (tertiary/aromatic N) is 2. The first-order valence-electron chi connectivity index (χ1n) is 6.88. The van der Waals surface area contributed by atoms with Crippen LogP contribution >= 0.6 is 11.3 Å². The summed E-state index contributed by atoms with van der Waals surface area (Å²) in [7, 11) is -3.28. The van der Waals surface area contributed by atoms with Crippen molar-refractivity contribution in [3.63, 3.8) is 0 Å². The van der Waals surface area contributed by atoms with Gasteiger partial charge in [0.25, 0.3) is 5.91 Å². The van der Waals surface area contributed by atoms with E-state index in [1.54, 1.807) is 11.0 Å². The van der Waals surface area contributed by atoms with E-state index < -0.39 is 10.0 Å². The van der Waals surface area contributed by atoms with Gasteiger partial charge in [0.15, 0.2) is 0 Å². The molecule has 2 saturated heterocycles. The second kappa shape index (κ2) is 5.68. The molecule has 0 radical (unpaired) electrons. The zero-order valence-corrected chi connectivity index (χ0v) is 13.4. The third kappa shape index (κ3) is 2.98. The highest BCUT2D eigenvalue weighted by Gasteiger charge is 2.42. The number of hydrogen-bond acceptors (Lipinski definition) is 5. The highest BCUT2D eigenvalue weighted by Crippen LogP contribution is 2.26. The second-order valence-corrected chi connectivity index (χ2v) is 8.25. The fourth-order valence-electron chi connectivity index (χ4n) is 2.99. The summed E-state index contributed by atoms with van der Waals surface area (Å²) in [6.45, 7) is 1.79. The molecule has 2 atom stereocenters. The molecule has 2 aliphatic rings. The van der Waals surface area contributed by atoms with Crippen molar-refractivity contribution in [2.45, 2.75) is 18.6 Å². The summed E-state index contributed by atoms with van der Waals surface area (Å²) < 4.78 is 31.0. The first kappa shape index (κ1) is 15.0. The normalized spacial score (nSPS) is 27.4. The van der Waals surface area contributed by atoms with Gasteiger partial charge in [-0.05, 0) is 17.9 Å². The van der Waals surface area contributed by atoms with E-state index in [2.05, 4.69) is 0 Å². The highest BCUT2D eigenvalue weighted by molar-refractivity contribution is 7.88. The van der Waals surface area contributed by atoms with Crippen LogP contribution in [0.25, 0.3) is 0 Å². The van der Waals surface area contributed by atoms with E-state index in [-0.39, 0.29) is 18.1 Å². The molecule has 1 aromatic rings. The number of amides is 1. The molecule has 3 heterocycles. The molecule has 3 rings (SSSR count). The number of morpholine rings is 1. The number of ether oxygens (including phenoxy) is 1. The number of sulfonamides is 1. The van der Waals surface area contributed by atoms with E-state index in [0.29, 0.717) is 37.5 Å². The van der Waals surface area contributed by atoms with Crippen molar-refractivity contribution in [1.82, 2.24) is 9.21 Å². The zero-order valence-electron chi connectivity index (χ0n) is 11.8. The van der Waals surface area contributed by atoms with Gasteiger partial charge in [-0.2, -0.15) is 4.31 Å². The Balaban J connectivity index is 1.79. The smallest absolute Gasteiger partial charge is 0.263 e. The van der Waals surface area contributed by atoms with Crippen LogP contribution in [0.15, 0.2) is 17.5 Å². The van der Waals surface area contributed by atoms with E-state index in [4.69, 9.17) is 4.74 Å². The Hall–Kier alpha value is -0.960. The minimum atomic E-state index is -3.28. The standard InChI is InChI=1S/C13H18N2O4S2/c1-21(17,18)15-6-7-19-11-4-5-14(9-10(11)15)13(16)12-3-2-8-20-12/h2-3,8,10-11H,4-7,9H2,1H3/t10-,11-/m0/s1. The minimum Gasteiger partial charge on any atom is -0.375 e. The van der Waals surface area contributed by atoms with Crippen LogP contribution < -0.4 is 0 Å². The Bertz CT molecular complexity index is 614. The number of hydrogen-bond donors (Lipinski definition) is 0. The lowest BCUT2D eigenvalue weighted by Gasteiger charge is -2.45. The third-order valence-corrected chi connectivity index (χ3v) is 6.14. The first-order valence-corrected chi connectivity index (χ1v) is 9.61. The van der Waals surface area contributed by atoms with Crippen molar-refractivity contribution < 1.29 is 17.9 Å². The second-order valence-electron chi connectivity index (χ2n) is 5.37. The molecule has 0 unspecified atom stereocenters. The van der Waals surface area contributed by atoms with Crippen LogP contribution in [0, 0.1) is 0 Å². The van der Waals surface area contributed by atoms with Crippen LogP contribution in [-0.2, 0) is 14.8 Å². The number of carbonyl (C=O) groups is 1. The summed E-state index contributed by atoms with van der Waals surface area (Å²) in [5, 5.41) is 1.87. The quantitative estimate of drug-likeness (QED) is 0.797. The van der Waals surface area contributed by atoms with E-state index in [1.807, 2.05) is 11.4 Å². The molecular formula is C13H18N2O4S2. The van der Waals surface area contributed by atoms with Gasteiger partial charge in [0, 0.05) is 19.6 Å². The predicted molar refractivity (Wildman–Crippen MR) is 79.9 cm³/mol. The first-order chi connectivity index (χ1) is 9.97. The summed E-state index contributed by atoms with van der Waals surface area (Å²) in [5.74, 6) is -0.0255. The third-order valence-electron chi connectivity index (χ3n) is 3.98. The van der Waals surface area contributed by atoms with Crippen molar-refractivity contribution in [3.8, 4) is 0 Å². The molecule has 1 aromatic heterocycles. The molecule has 21 heavy (non-hydrogen) atoms. The van der Waals surface area contributed by atoms with Gasteiger partial charge in [-0.25, -0.2) is 8.42 Å². The summed E-state index contributed by atoms with van der Waals surface area (Å²) in [6.07, 6.45) is 1.78. The van der Waals surface area contributed by atoms with Crippen molar-refractivity contribution in [3.05, 3.63) is 22.4 Å². The largest absolute Gasteiger partial charge is 0.375 e. The summed E-state index contributed by atoms with van der Waals surface area (Å²) in [4.78, 5) is 14.8. The molecule has 0 aromatic carbocycles. The van der Waals surface area contributed by atoms with Crippen LogP contribution in [0.1, 0.15) is 16.1 Å². The van der Waals surface area contributed by atoms with Gasteiger partial charge >= 0.3 is 0 Å². The molecule has 8 heteroatoms. The van der Waals surface area contributed by atoms with E-state index in [9.17, 15) is 13.2 Å². The molecule has 116 valence electrons. The van der Waals surface area contributed by atoms with Gasteiger partial charge in [0.1, 0.15) is 0 Å². The molecule has 0 bridgehead atoms. The number of piperidine rings is 1. The van der Waals surface area contributed by atoms with Crippen molar-refractivity contribution in [1.29, 1.82) is 0 Å². The maximum absolute atomic E-state index is 12.4. The average Bonchev–Trinajstić information content (AvgIpc) is 2.98. The molecule has 0 saturated carbocycles. The highest BCUT2D eigenvalue weighted by atomic mass is 32.2. The summed E-state index contributed by atoms with van der Waals surface area (Å²) in [6, 6.07) is 3.37. The maximum atomic E-state index is 12.4. The Morgan fingerprint density at radius 3 is 2.90 bits per heavy atom. The molecule has 0 spiro atoms.